The van der Waals surface area contributed by atoms with Crippen molar-refractivity contribution in [3.63, 3.8) is 0 Å². The van der Waals surface area contributed by atoms with Crippen molar-refractivity contribution < 1.29 is 8.42 Å². The summed E-state index contributed by atoms with van der Waals surface area (Å²) in [5.74, 6) is 0.404. The monoisotopic (exact) mass is 309 g/mol. The third-order valence-electron chi connectivity index (χ3n) is 3.56. The van der Waals surface area contributed by atoms with Crippen LogP contribution >= 0.6 is 0 Å². The number of nitrogens with one attached hydrogen (secondary N) is 2. The van der Waals surface area contributed by atoms with Gasteiger partial charge in [0.05, 0.1) is 17.6 Å². The fourth-order valence-corrected chi connectivity index (χ4v) is 2.87. The van der Waals surface area contributed by atoms with E-state index < -0.39 is 10.0 Å². The van der Waals surface area contributed by atoms with Gasteiger partial charge in [-0.1, -0.05) is 11.6 Å². The van der Waals surface area contributed by atoms with Crippen LogP contribution in [0.4, 0.5) is 11.5 Å². The number of hydrogen-bond donors (Lipinski definition) is 2. The highest BCUT2D eigenvalue weighted by Gasteiger charge is 2.07. The number of pyridine rings is 1. The minimum Gasteiger partial charge on any atom is -0.383 e. The Hall–Kier alpha value is -1.56. The van der Waals surface area contributed by atoms with Gasteiger partial charge in [-0.2, -0.15) is 0 Å². The lowest BCUT2D eigenvalue weighted by molar-refractivity contribution is 0.602. The van der Waals surface area contributed by atoms with Crippen LogP contribution in [0, 0.1) is 0 Å². The van der Waals surface area contributed by atoms with Crippen molar-refractivity contribution in [3.05, 3.63) is 30.0 Å². The molecule has 0 bridgehead atoms. The predicted molar refractivity (Wildman–Crippen MR) is 87.0 cm³/mol. The van der Waals surface area contributed by atoms with Gasteiger partial charge in [0.1, 0.15) is 5.82 Å². The van der Waals surface area contributed by atoms with E-state index in [1.54, 1.807) is 19.2 Å². The zero-order chi connectivity index (χ0) is 15.1. The van der Waals surface area contributed by atoms with Gasteiger partial charge < -0.3 is 5.32 Å². The smallest absolute Gasteiger partial charge is 0.233 e. The summed E-state index contributed by atoms with van der Waals surface area (Å²) >= 11 is 0. The van der Waals surface area contributed by atoms with E-state index in [1.807, 2.05) is 6.07 Å². The molecule has 0 unspecified atom stereocenters. The first-order valence-electron chi connectivity index (χ1n) is 7.47. The Bertz CT molecular complexity index is 579. The maximum Gasteiger partial charge on any atom is 0.233 e. The molecule has 2 rings (SSSR count). The quantitative estimate of drug-likeness (QED) is 0.759. The first-order chi connectivity index (χ1) is 10.1. The van der Waals surface area contributed by atoms with E-state index in [0.29, 0.717) is 5.82 Å². The van der Waals surface area contributed by atoms with Crippen LogP contribution in [0.5, 0.6) is 0 Å². The van der Waals surface area contributed by atoms with Gasteiger partial charge in [0.15, 0.2) is 0 Å². The fraction of sp³-hybridized carbons (Fsp3) is 0.533. The van der Waals surface area contributed by atoms with E-state index in [0.717, 1.165) is 18.7 Å². The standard InChI is InChI=1S/C15H23N3O2S/c1-2-21(19,20)18-15-9-8-14(12-17-15)16-11-10-13-6-4-3-5-7-13/h6,8-9,12,16H,2-5,7,10-11H2,1H3,(H,17,18). The molecule has 116 valence electrons. The maximum absolute atomic E-state index is 11.4. The minimum atomic E-state index is -3.26. The van der Waals surface area contributed by atoms with E-state index in [4.69, 9.17) is 0 Å². The Labute approximate surface area is 126 Å². The third kappa shape index (κ3) is 5.38. The van der Waals surface area contributed by atoms with Crippen LogP contribution in [-0.2, 0) is 10.0 Å². The van der Waals surface area contributed by atoms with Gasteiger partial charge >= 0.3 is 0 Å². The molecule has 1 aromatic heterocycles. The summed E-state index contributed by atoms with van der Waals surface area (Å²) in [5.41, 5.74) is 2.44. The van der Waals surface area contributed by atoms with Crippen molar-refractivity contribution in [2.75, 3.05) is 22.3 Å². The number of hydrogen-bond acceptors (Lipinski definition) is 4. The van der Waals surface area contributed by atoms with Crippen molar-refractivity contribution in [2.45, 2.75) is 39.0 Å². The Morgan fingerprint density at radius 3 is 2.76 bits per heavy atom. The van der Waals surface area contributed by atoms with Gasteiger partial charge in [0.2, 0.25) is 10.0 Å². The highest BCUT2D eigenvalue weighted by molar-refractivity contribution is 7.92. The number of allylic oxidation sites excluding steroid dienone is 1. The first-order valence-corrected chi connectivity index (χ1v) is 9.12. The highest BCUT2D eigenvalue weighted by Crippen LogP contribution is 2.20. The Morgan fingerprint density at radius 2 is 2.14 bits per heavy atom. The van der Waals surface area contributed by atoms with Gasteiger partial charge in [-0.3, -0.25) is 4.72 Å². The van der Waals surface area contributed by atoms with Crippen molar-refractivity contribution in [1.29, 1.82) is 0 Å². The van der Waals surface area contributed by atoms with E-state index >= 15 is 0 Å². The normalized spacial score (nSPS) is 15.4. The van der Waals surface area contributed by atoms with Crippen LogP contribution in [0.1, 0.15) is 39.0 Å². The minimum absolute atomic E-state index is 0.0454. The van der Waals surface area contributed by atoms with Gasteiger partial charge in [-0.25, -0.2) is 13.4 Å². The molecule has 0 atom stereocenters. The van der Waals surface area contributed by atoms with Crippen LogP contribution in [0.2, 0.25) is 0 Å². The molecule has 1 aromatic rings. The molecule has 21 heavy (non-hydrogen) atoms. The number of nitrogens with zero attached hydrogens (tertiary/aromatic N) is 1. The second kappa shape index (κ2) is 7.45. The molecule has 0 aliphatic heterocycles. The maximum atomic E-state index is 11.4. The summed E-state index contributed by atoms with van der Waals surface area (Å²) in [4.78, 5) is 4.11. The molecule has 0 saturated carbocycles. The van der Waals surface area contributed by atoms with Crippen molar-refractivity contribution >= 4 is 21.5 Å². The summed E-state index contributed by atoms with van der Waals surface area (Å²) in [6.45, 7) is 2.48. The van der Waals surface area contributed by atoms with Gasteiger partial charge in [-0.15, -0.1) is 0 Å². The summed E-state index contributed by atoms with van der Waals surface area (Å²) in [6, 6.07) is 3.52. The summed E-state index contributed by atoms with van der Waals surface area (Å²) < 4.78 is 25.3. The molecule has 0 aromatic carbocycles. The number of sulfonamides is 1. The average Bonchev–Trinajstić information content (AvgIpc) is 2.50. The van der Waals surface area contributed by atoms with E-state index in [-0.39, 0.29) is 5.75 Å². The van der Waals surface area contributed by atoms with E-state index in [2.05, 4.69) is 21.1 Å². The number of aromatic nitrogens is 1. The Kier molecular flexibility index (Phi) is 5.61. The van der Waals surface area contributed by atoms with Crippen LogP contribution < -0.4 is 10.0 Å². The molecular formula is C15H23N3O2S. The molecule has 2 N–H and O–H groups in total. The Balaban J connectivity index is 1.81. The second-order valence-corrected chi connectivity index (χ2v) is 7.23. The van der Waals surface area contributed by atoms with Crippen LogP contribution in [-0.4, -0.2) is 25.7 Å². The first kappa shape index (κ1) is 15.8. The summed E-state index contributed by atoms with van der Waals surface area (Å²) in [7, 11) is -3.26. The van der Waals surface area contributed by atoms with Crippen molar-refractivity contribution in [3.8, 4) is 0 Å². The van der Waals surface area contributed by atoms with Crippen LogP contribution in [0.3, 0.4) is 0 Å². The van der Waals surface area contributed by atoms with E-state index in [1.165, 1.54) is 31.3 Å². The Morgan fingerprint density at radius 1 is 1.29 bits per heavy atom. The zero-order valence-electron chi connectivity index (χ0n) is 12.4. The third-order valence-corrected chi connectivity index (χ3v) is 4.84. The molecule has 0 saturated heterocycles. The molecular weight excluding hydrogens is 286 g/mol. The lowest BCUT2D eigenvalue weighted by Gasteiger charge is -2.13. The van der Waals surface area contributed by atoms with E-state index in [9.17, 15) is 8.42 Å². The fourth-order valence-electron chi connectivity index (χ4n) is 2.29. The molecule has 1 aliphatic carbocycles. The number of anilines is 2. The van der Waals surface area contributed by atoms with Gasteiger partial charge in [-0.05, 0) is 51.2 Å². The highest BCUT2D eigenvalue weighted by atomic mass is 32.2. The van der Waals surface area contributed by atoms with Crippen molar-refractivity contribution in [1.82, 2.24) is 4.98 Å². The van der Waals surface area contributed by atoms with Gasteiger partial charge in [0.25, 0.3) is 0 Å². The summed E-state index contributed by atoms with van der Waals surface area (Å²) in [5, 5.41) is 3.32. The largest absolute Gasteiger partial charge is 0.383 e. The van der Waals surface area contributed by atoms with Crippen molar-refractivity contribution in [2.24, 2.45) is 0 Å². The topological polar surface area (TPSA) is 71.1 Å². The molecule has 0 spiro atoms. The molecule has 1 heterocycles. The SMILES string of the molecule is CCS(=O)(=O)Nc1ccc(NCCC2=CCCCC2)cn1. The van der Waals surface area contributed by atoms with Crippen LogP contribution in [0.25, 0.3) is 0 Å². The molecule has 0 radical (unpaired) electrons. The molecule has 0 fully saturated rings. The van der Waals surface area contributed by atoms with Gasteiger partial charge in [0, 0.05) is 6.54 Å². The molecule has 1 aliphatic rings. The lowest BCUT2D eigenvalue weighted by Crippen LogP contribution is -2.15. The predicted octanol–water partition coefficient (Wildman–Crippen LogP) is 3.15. The summed E-state index contributed by atoms with van der Waals surface area (Å²) in [6.07, 6.45) is 10.1. The molecule has 5 nitrogen and oxygen atoms in total. The molecule has 0 amide bonds. The average molecular weight is 309 g/mol. The zero-order valence-corrected chi connectivity index (χ0v) is 13.2. The number of rotatable bonds is 7. The van der Waals surface area contributed by atoms with Crippen LogP contribution in [0.15, 0.2) is 30.0 Å². The lowest BCUT2D eigenvalue weighted by atomic mass is 9.97. The molecule has 6 heteroatoms. The second-order valence-electron chi connectivity index (χ2n) is 5.22.